The molecule has 2 aliphatic rings. The van der Waals surface area contributed by atoms with E-state index in [4.69, 9.17) is 4.74 Å². The summed E-state index contributed by atoms with van der Waals surface area (Å²) in [6, 6.07) is 12.2. The van der Waals surface area contributed by atoms with Crippen LogP contribution >= 0.6 is 0 Å². The SMILES string of the molecule is O=C1CCOc2ccc(N3CCN(CCCCc4c[nH]c5ccc(CO)cc45)CC3)cc21. The number of ether oxygens (including phenoxy) is 1. The number of H-pyrrole nitrogens is 1. The number of anilines is 1. The Kier molecular flexibility index (Phi) is 6.14. The van der Waals surface area contributed by atoms with Crippen LogP contribution in [0.1, 0.15) is 40.7 Å². The number of rotatable bonds is 7. The molecule has 0 saturated carbocycles. The van der Waals surface area contributed by atoms with E-state index in [1.165, 1.54) is 17.4 Å². The molecule has 3 heterocycles. The first kappa shape index (κ1) is 21.0. The standard InChI is InChI=1S/C26H31N3O3/c30-18-19-4-6-24-22(15-19)20(17-27-24)3-1-2-9-28-10-12-29(13-11-28)21-5-7-26-23(16-21)25(31)8-14-32-26/h4-7,15-17,27,30H,1-3,8-14,18H2. The molecule has 0 aliphatic carbocycles. The number of aliphatic hydroxyl groups excluding tert-OH is 1. The van der Waals surface area contributed by atoms with Crippen LogP contribution in [0.3, 0.4) is 0 Å². The number of hydrogen-bond donors (Lipinski definition) is 2. The summed E-state index contributed by atoms with van der Waals surface area (Å²) >= 11 is 0. The van der Waals surface area contributed by atoms with Crippen molar-refractivity contribution in [3.63, 3.8) is 0 Å². The topological polar surface area (TPSA) is 68.8 Å². The fraction of sp³-hybridized carbons (Fsp3) is 0.423. The Morgan fingerprint density at radius 1 is 1.03 bits per heavy atom. The molecule has 6 nitrogen and oxygen atoms in total. The van der Waals surface area contributed by atoms with Crippen molar-refractivity contribution in [2.45, 2.75) is 32.3 Å². The van der Waals surface area contributed by atoms with Crippen LogP contribution in [0.15, 0.2) is 42.6 Å². The minimum absolute atomic E-state index is 0.0854. The monoisotopic (exact) mass is 433 g/mol. The van der Waals surface area contributed by atoms with Gasteiger partial charge in [0.05, 0.1) is 18.8 Å². The molecule has 0 unspecified atom stereocenters. The van der Waals surface area contributed by atoms with Crippen LogP contribution in [-0.2, 0) is 13.0 Å². The number of carbonyl (C=O) groups is 1. The number of fused-ring (bicyclic) bond motifs is 2. The largest absolute Gasteiger partial charge is 0.492 e. The molecule has 1 saturated heterocycles. The quantitative estimate of drug-likeness (QED) is 0.555. The van der Waals surface area contributed by atoms with Crippen molar-refractivity contribution in [2.24, 2.45) is 0 Å². The third kappa shape index (κ3) is 4.38. The third-order valence-electron chi connectivity index (χ3n) is 6.77. The number of piperazine rings is 1. The molecule has 0 atom stereocenters. The molecule has 0 amide bonds. The Bertz CT molecular complexity index is 1100. The molecule has 1 aromatic heterocycles. The fourth-order valence-electron chi connectivity index (χ4n) is 4.86. The van der Waals surface area contributed by atoms with E-state index < -0.39 is 0 Å². The minimum atomic E-state index is 0.0854. The zero-order valence-electron chi connectivity index (χ0n) is 18.5. The van der Waals surface area contributed by atoms with E-state index >= 15 is 0 Å². The molecule has 0 spiro atoms. The van der Waals surface area contributed by atoms with E-state index in [-0.39, 0.29) is 12.4 Å². The summed E-state index contributed by atoms with van der Waals surface area (Å²) in [5, 5.41) is 10.6. The van der Waals surface area contributed by atoms with E-state index in [0.717, 1.165) is 73.6 Å². The molecule has 32 heavy (non-hydrogen) atoms. The van der Waals surface area contributed by atoms with Gasteiger partial charge in [0.2, 0.25) is 0 Å². The highest BCUT2D eigenvalue weighted by Gasteiger charge is 2.22. The highest BCUT2D eigenvalue weighted by atomic mass is 16.5. The van der Waals surface area contributed by atoms with Gasteiger partial charge in [-0.05, 0) is 67.3 Å². The van der Waals surface area contributed by atoms with Gasteiger partial charge in [-0.3, -0.25) is 9.69 Å². The van der Waals surface area contributed by atoms with Crippen molar-refractivity contribution in [3.05, 3.63) is 59.3 Å². The lowest BCUT2D eigenvalue weighted by Gasteiger charge is -2.36. The van der Waals surface area contributed by atoms with Gasteiger partial charge in [-0.25, -0.2) is 0 Å². The van der Waals surface area contributed by atoms with Crippen molar-refractivity contribution in [1.82, 2.24) is 9.88 Å². The highest BCUT2D eigenvalue weighted by molar-refractivity contribution is 6.00. The number of carbonyl (C=O) groups excluding carboxylic acids is 1. The summed E-state index contributed by atoms with van der Waals surface area (Å²) in [4.78, 5) is 20.5. The molecule has 3 aromatic rings. The van der Waals surface area contributed by atoms with Crippen LogP contribution in [0.2, 0.25) is 0 Å². The van der Waals surface area contributed by atoms with Crippen molar-refractivity contribution >= 4 is 22.4 Å². The zero-order chi connectivity index (χ0) is 21.9. The minimum Gasteiger partial charge on any atom is -0.492 e. The first-order valence-corrected chi connectivity index (χ1v) is 11.7. The summed E-state index contributed by atoms with van der Waals surface area (Å²) in [7, 11) is 0. The van der Waals surface area contributed by atoms with Gasteiger partial charge in [-0.1, -0.05) is 6.07 Å². The van der Waals surface area contributed by atoms with Crippen molar-refractivity contribution in [2.75, 3.05) is 44.2 Å². The van der Waals surface area contributed by atoms with Crippen LogP contribution in [0, 0.1) is 0 Å². The number of aromatic amines is 1. The second kappa shape index (κ2) is 9.35. The molecule has 1 fully saturated rings. The number of Topliss-reactive ketones (excluding diaryl/α,β-unsaturated/α-hetero) is 1. The lowest BCUT2D eigenvalue weighted by molar-refractivity contribution is 0.0933. The predicted molar refractivity (Wildman–Crippen MR) is 127 cm³/mol. The van der Waals surface area contributed by atoms with E-state index in [9.17, 15) is 9.90 Å². The summed E-state index contributed by atoms with van der Waals surface area (Å²) in [5.41, 5.74) is 5.31. The van der Waals surface area contributed by atoms with Gasteiger partial charge < -0.3 is 19.7 Å². The maximum atomic E-state index is 12.2. The number of ketones is 1. The maximum absolute atomic E-state index is 12.2. The van der Waals surface area contributed by atoms with Crippen LogP contribution in [0.4, 0.5) is 5.69 Å². The molecular weight excluding hydrogens is 402 g/mol. The first-order chi connectivity index (χ1) is 15.7. The summed E-state index contributed by atoms with van der Waals surface area (Å²) in [6.45, 7) is 5.77. The zero-order valence-corrected chi connectivity index (χ0v) is 18.5. The number of aromatic nitrogens is 1. The second-order valence-corrected chi connectivity index (χ2v) is 8.84. The van der Waals surface area contributed by atoms with E-state index in [1.54, 1.807) is 0 Å². The molecular formula is C26H31N3O3. The molecule has 6 heteroatoms. The van der Waals surface area contributed by atoms with Crippen molar-refractivity contribution in [3.8, 4) is 5.75 Å². The number of aliphatic hydroxyl groups is 1. The van der Waals surface area contributed by atoms with Crippen LogP contribution in [-0.4, -0.2) is 60.1 Å². The Morgan fingerprint density at radius 3 is 2.75 bits per heavy atom. The maximum Gasteiger partial charge on any atom is 0.170 e. The van der Waals surface area contributed by atoms with Crippen LogP contribution in [0.5, 0.6) is 5.75 Å². The number of hydrogen-bond acceptors (Lipinski definition) is 5. The molecule has 168 valence electrons. The Hall–Kier alpha value is -2.83. The normalized spacial score (nSPS) is 16.9. The molecule has 2 N–H and O–H groups in total. The third-order valence-corrected chi connectivity index (χ3v) is 6.77. The number of aryl methyl sites for hydroxylation is 1. The first-order valence-electron chi connectivity index (χ1n) is 11.7. The number of benzene rings is 2. The average Bonchev–Trinajstić information content (AvgIpc) is 3.24. The lowest BCUT2D eigenvalue weighted by atomic mass is 10.0. The number of unbranched alkanes of at least 4 members (excludes halogenated alkanes) is 1. The van der Waals surface area contributed by atoms with Crippen LogP contribution in [0.25, 0.3) is 10.9 Å². The number of nitrogens with one attached hydrogen (secondary N) is 1. The Balaban J connectivity index is 1.09. The van der Waals surface area contributed by atoms with Crippen LogP contribution < -0.4 is 9.64 Å². The van der Waals surface area contributed by atoms with Gasteiger partial charge in [-0.2, -0.15) is 0 Å². The molecule has 0 radical (unpaired) electrons. The molecule has 5 rings (SSSR count). The fourth-order valence-corrected chi connectivity index (χ4v) is 4.86. The number of nitrogens with zero attached hydrogens (tertiary/aromatic N) is 2. The van der Waals surface area contributed by atoms with Gasteiger partial charge in [0, 0.05) is 55.4 Å². The van der Waals surface area contributed by atoms with E-state index in [1.807, 2.05) is 18.2 Å². The summed E-state index contributed by atoms with van der Waals surface area (Å²) in [6.07, 6.45) is 5.98. The average molecular weight is 434 g/mol. The van der Waals surface area contributed by atoms with Gasteiger partial charge >= 0.3 is 0 Å². The summed E-state index contributed by atoms with van der Waals surface area (Å²) < 4.78 is 5.61. The van der Waals surface area contributed by atoms with Gasteiger partial charge in [0.25, 0.3) is 0 Å². The van der Waals surface area contributed by atoms with E-state index in [2.05, 4.69) is 39.2 Å². The smallest absolute Gasteiger partial charge is 0.170 e. The highest BCUT2D eigenvalue weighted by Crippen LogP contribution is 2.30. The molecule has 2 aliphatic heterocycles. The summed E-state index contributed by atoms with van der Waals surface area (Å²) in [5.74, 6) is 0.918. The van der Waals surface area contributed by atoms with Crippen molar-refractivity contribution in [1.29, 1.82) is 0 Å². The van der Waals surface area contributed by atoms with E-state index in [0.29, 0.717) is 13.0 Å². The van der Waals surface area contributed by atoms with Gasteiger partial charge in [0.15, 0.2) is 5.78 Å². The Morgan fingerprint density at radius 2 is 1.91 bits per heavy atom. The second-order valence-electron chi connectivity index (χ2n) is 8.84. The van der Waals surface area contributed by atoms with Gasteiger partial charge in [0.1, 0.15) is 5.75 Å². The predicted octanol–water partition coefficient (Wildman–Crippen LogP) is 3.77. The Labute approximate surface area is 188 Å². The molecule has 2 aromatic carbocycles. The molecule has 0 bridgehead atoms. The lowest BCUT2D eigenvalue weighted by Crippen LogP contribution is -2.46. The van der Waals surface area contributed by atoms with Crippen molar-refractivity contribution < 1.29 is 14.6 Å². The van der Waals surface area contributed by atoms with Gasteiger partial charge in [-0.15, -0.1) is 0 Å².